The van der Waals surface area contributed by atoms with Gasteiger partial charge >= 0.3 is 0 Å². The highest BCUT2D eigenvalue weighted by Crippen LogP contribution is 2.31. The SMILES string of the molecule is COc1ccc([C@H](CNC(=O)CN2CCCC[C@H]2C)c2c[nH]c3ccccc23)cc1. The molecule has 2 atom stereocenters. The van der Waals surface area contributed by atoms with Gasteiger partial charge in [-0.3, -0.25) is 9.69 Å². The maximum absolute atomic E-state index is 12.7. The number of carbonyl (C=O) groups excluding carboxylic acids is 1. The zero-order valence-electron chi connectivity index (χ0n) is 17.9. The fraction of sp³-hybridized carbons (Fsp3) is 0.400. The zero-order valence-corrected chi connectivity index (χ0v) is 17.9. The summed E-state index contributed by atoms with van der Waals surface area (Å²) in [4.78, 5) is 18.4. The van der Waals surface area contributed by atoms with Gasteiger partial charge in [-0.25, -0.2) is 0 Å². The normalized spacial score (nSPS) is 18.3. The van der Waals surface area contributed by atoms with Gasteiger partial charge in [-0.2, -0.15) is 0 Å². The molecule has 0 spiro atoms. The van der Waals surface area contributed by atoms with E-state index in [0.717, 1.165) is 23.4 Å². The van der Waals surface area contributed by atoms with Crippen LogP contribution in [0.3, 0.4) is 0 Å². The maximum atomic E-state index is 12.7. The highest BCUT2D eigenvalue weighted by atomic mass is 16.5. The van der Waals surface area contributed by atoms with Crippen molar-refractivity contribution in [3.8, 4) is 5.75 Å². The third kappa shape index (κ3) is 4.51. The van der Waals surface area contributed by atoms with Crippen LogP contribution in [-0.2, 0) is 4.79 Å². The number of amides is 1. The molecule has 5 heteroatoms. The van der Waals surface area contributed by atoms with Gasteiger partial charge in [-0.1, -0.05) is 36.8 Å². The predicted molar refractivity (Wildman–Crippen MR) is 121 cm³/mol. The number of piperidine rings is 1. The Morgan fingerprint density at radius 1 is 1.20 bits per heavy atom. The molecule has 4 rings (SSSR count). The minimum atomic E-state index is 0.0646. The van der Waals surface area contributed by atoms with Crippen molar-refractivity contribution >= 4 is 16.8 Å². The molecule has 0 saturated carbocycles. The lowest BCUT2D eigenvalue weighted by Crippen LogP contribution is -2.45. The number of fused-ring (bicyclic) bond motifs is 1. The van der Waals surface area contributed by atoms with Gasteiger partial charge in [0.2, 0.25) is 5.91 Å². The molecule has 1 amide bonds. The molecule has 2 heterocycles. The summed E-state index contributed by atoms with van der Waals surface area (Å²) in [6, 6.07) is 16.9. The van der Waals surface area contributed by atoms with Crippen LogP contribution in [0.25, 0.3) is 10.9 Å². The highest BCUT2D eigenvalue weighted by molar-refractivity contribution is 5.84. The van der Waals surface area contributed by atoms with Crippen LogP contribution in [0.4, 0.5) is 0 Å². The molecule has 0 aliphatic carbocycles. The number of aromatic amines is 1. The number of hydrogen-bond donors (Lipinski definition) is 2. The molecule has 1 aromatic heterocycles. The van der Waals surface area contributed by atoms with Crippen LogP contribution in [-0.4, -0.2) is 48.6 Å². The first-order valence-corrected chi connectivity index (χ1v) is 10.9. The predicted octanol–water partition coefficient (Wildman–Crippen LogP) is 4.30. The zero-order chi connectivity index (χ0) is 20.9. The summed E-state index contributed by atoms with van der Waals surface area (Å²) < 4.78 is 5.32. The lowest BCUT2D eigenvalue weighted by molar-refractivity contribution is -0.123. The Bertz CT molecular complexity index is 979. The Balaban J connectivity index is 1.53. The quantitative estimate of drug-likeness (QED) is 0.616. The summed E-state index contributed by atoms with van der Waals surface area (Å²) in [7, 11) is 1.67. The maximum Gasteiger partial charge on any atom is 0.234 e. The van der Waals surface area contributed by atoms with Gasteiger partial charge in [-0.15, -0.1) is 0 Å². The van der Waals surface area contributed by atoms with Crippen molar-refractivity contribution in [1.82, 2.24) is 15.2 Å². The molecule has 2 aromatic carbocycles. The van der Waals surface area contributed by atoms with Gasteiger partial charge in [0.25, 0.3) is 0 Å². The van der Waals surface area contributed by atoms with E-state index >= 15 is 0 Å². The van der Waals surface area contributed by atoms with Crippen LogP contribution in [0.1, 0.15) is 43.2 Å². The van der Waals surface area contributed by atoms with Crippen molar-refractivity contribution in [3.05, 3.63) is 65.9 Å². The molecule has 158 valence electrons. The van der Waals surface area contributed by atoms with Gasteiger partial charge in [0.1, 0.15) is 5.75 Å². The van der Waals surface area contributed by atoms with Crippen LogP contribution in [0.2, 0.25) is 0 Å². The van der Waals surface area contributed by atoms with Gasteiger partial charge in [0, 0.05) is 35.6 Å². The number of rotatable bonds is 7. The summed E-state index contributed by atoms with van der Waals surface area (Å²) in [6.07, 6.45) is 5.69. The molecule has 30 heavy (non-hydrogen) atoms. The topological polar surface area (TPSA) is 57.4 Å². The van der Waals surface area contributed by atoms with Gasteiger partial charge in [0.15, 0.2) is 0 Å². The summed E-state index contributed by atoms with van der Waals surface area (Å²) in [5, 5.41) is 4.40. The molecule has 5 nitrogen and oxygen atoms in total. The second kappa shape index (κ2) is 9.35. The summed E-state index contributed by atoms with van der Waals surface area (Å²) >= 11 is 0. The molecule has 3 aromatic rings. The monoisotopic (exact) mass is 405 g/mol. The number of likely N-dealkylation sites (tertiary alicyclic amines) is 1. The number of methoxy groups -OCH3 is 1. The summed E-state index contributed by atoms with van der Waals surface area (Å²) in [6.45, 7) is 4.27. The molecule has 1 fully saturated rings. The third-order valence-electron chi connectivity index (χ3n) is 6.31. The number of hydrogen-bond acceptors (Lipinski definition) is 3. The average Bonchev–Trinajstić information content (AvgIpc) is 3.20. The summed E-state index contributed by atoms with van der Waals surface area (Å²) in [5.41, 5.74) is 3.47. The van der Waals surface area contributed by atoms with Crippen molar-refractivity contribution in [2.45, 2.75) is 38.1 Å². The molecule has 0 radical (unpaired) electrons. The van der Waals surface area contributed by atoms with E-state index in [1.165, 1.54) is 30.2 Å². The smallest absolute Gasteiger partial charge is 0.234 e. The standard InChI is InChI=1S/C25H31N3O2/c1-18-7-5-6-14-28(18)17-25(29)27-15-22(19-10-12-20(30-2)13-11-19)23-16-26-24-9-4-3-8-21(23)24/h3-4,8-13,16,18,22,26H,5-7,14-15,17H2,1-2H3,(H,27,29)/t18-,22+/m1/s1. The van der Waals surface area contributed by atoms with Crippen LogP contribution < -0.4 is 10.1 Å². The average molecular weight is 406 g/mol. The second-order valence-electron chi connectivity index (χ2n) is 8.23. The van der Waals surface area contributed by atoms with Crippen molar-refractivity contribution in [2.75, 3.05) is 26.7 Å². The van der Waals surface area contributed by atoms with Gasteiger partial charge < -0.3 is 15.0 Å². The minimum Gasteiger partial charge on any atom is -0.497 e. The van der Waals surface area contributed by atoms with Gasteiger partial charge in [-0.05, 0) is 55.6 Å². The molecule has 0 bridgehead atoms. The Hall–Kier alpha value is -2.79. The summed E-state index contributed by atoms with van der Waals surface area (Å²) in [5.74, 6) is 0.997. The lowest BCUT2D eigenvalue weighted by Gasteiger charge is -2.32. The van der Waals surface area contributed by atoms with Crippen LogP contribution in [0.5, 0.6) is 5.75 Å². The molecular formula is C25H31N3O2. The largest absolute Gasteiger partial charge is 0.497 e. The molecule has 2 N–H and O–H groups in total. The number of aromatic nitrogens is 1. The van der Waals surface area contributed by atoms with Crippen molar-refractivity contribution in [3.63, 3.8) is 0 Å². The van der Waals surface area contributed by atoms with E-state index in [0.29, 0.717) is 19.1 Å². The number of ether oxygens (including phenoxy) is 1. The Labute approximate surface area is 178 Å². The van der Waals surface area contributed by atoms with Crippen LogP contribution >= 0.6 is 0 Å². The highest BCUT2D eigenvalue weighted by Gasteiger charge is 2.22. The van der Waals surface area contributed by atoms with Crippen molar-refractivity contribution < 1.29 is 9.53 Å². The Morgan fingerprint density at radius 2 is 2.00 bits per heavy atom. The van der Waals surface area contributed by atoms with E-state index in [1.54, 1.807) is 7.11 Å². The van der Waals surface area contributed by atoms with E-state index in [4.69, 9.17) is 4.74 Å². The number of para-hydroxylation sites is 1. The van der Waals surface area contributed by atoms with E-state index in [1.807, 2.05) is 18.2 Å². The molecule has 1 saturated heterocycles. The number of nitrogens with one attached hydrogen (secondary N) is 2. The lowest BCUT2D eigenvalue weighted by atomic mass is 9.90. The number of carbonyl (C=O) groups is 1. The van der Waals surface area contributed by atoms with E-state index in [-0.39, 0.29) is 11.8 Å². The first-order chi connectivity index (χ1) is 14.7. The molecular weight excluding hydrogens is 374 g/mol. The first-order valence-electron chi connectivity index (χ1n) is 10.9. The Kier molecular flexibility index (Phi) is 6.38. The minimum absolute atomic E-state index is 0.0646. The van der Waals surface area contributed by atoms with Crippen molar-refractivity contribution in [1.29, 1.82) is 0 Å². The number of benzene rings is 2. The van der Waals surface area contributed by atoms with E-state index in [2.05, 4.69) is 58.7 Å². The fourth-order valence-electron chi connectivity index (χ4n) is 4.47. The number of nitrogens with zero attached hydrogens (tertiary/aromatic N) is 1. The molecule has 1 aliphatic heterocycles. The van der Waals surface area contributed by atoms with Gasteiger partial charge in [0.05, 0.1) is 13.7 Å². The number of H-pyrrole nitrogens is 1. The van der Waals surface area contributed by atoms with E-state index < -0.39 is 0 Å². The van der Waals surface area contributed by atoms with Crippen molar-refractivity contribution in [2.24, 2.45) is 0 Å². The second-order valence-corrected chi connectivity index (χ2v) is 8.23. The molecule has 0 unspecified atom stereocenters. The first kappa shape index (κ1) is 20.5. The van der Waals surface area contributed by atoms with E-state index in [9.17, 15) is 4.79 Å². The fourth-order valence-corrected chi connectivity index (χ4v) is 4.47. The molecule has 1 aliphatic rings. The van der Waals surface area contributed by atoms with Crippen LogP contribution in [0, 0.1) is 0 Å². The third-order valence-corrected chi connectivity index (χ3v) is 6.31. The van der Waals surface area contributed by atoms with Crippen LogP contribution in [0.15, 0.2) is 54.7 Å². The Morgan fingerprint density at radius 3 is 2.77 bits per heavy atom.